The molecule has 108 valence electrons. The average molecular weight is 301 g/mol. The fourth-order valence-electron chi connectivity index (χ4n) is 2.00. The van der Waals surface area contributed by atoms with Crippen molar-refractivity contribution < 1.29 is 4.74 Å². The maximum atomic E-state index is 6.06. The van der Waals surface area contributed by atoms with Gasteiger partial charge in [0.25, 0.3) is 0 Å². The Bertz CT molecular complexity index is 330. The van der Waals surface area contributed by atoms with Crippen LogP contribution >= 0.6 is 24.2 Å². The van der Waals surface area contributed by atoms with Gasteiger partial charge in [-0.15, -0.1) is 0 Å². The van der Waals surface area contributed by atoms with Crippen LogP contribution < -0.4 is 0 Å². The number of ether oxygens (including phenoxy) is 1. The Morgan fingerprint density at radius 2 is 1.53 bits per heavy atom. The molecular weight excluding hydrogens is 276 g/mol. The number of hydrogen-bond donors (Lipinski definition) is 1. The summed E-state index contributed by atoms with van der Waals surface area (Å²) in [7, 11) is 0. The SMILES string of the molecule is SCCCCCCCCCOCc1ccccc1Cl. The molecule has 0 aromatic heterocycles. The van der Waals surface area contributed by atoms with E-state index in [1.54, 1.807) is 0 Å². The molecule has 1 aromatic carbocycles. The second-order valence-corrected chi connectivity index (χ2v) is 5.70. The molecule has 0 radical (unpaired) electrons. The van der Waals surface area contributed by atoms with Crippen LogP contribution in [0.5, 0.6) is 0 Å². The highest BCUT2D eigenvalue weighted by Crippen LogP contribution is 2.16. The zero-order chi connectivity index (χ0) is 13.8. The average Bonchev–Trinajstić information content (AvgIpc) is 2.43. The van der Waals surface area contributed by atoms with Gasteiger partial charge in [0.2, 0.25) is 0 Å². The van der Waals surface area contributed by atoms with Gasteiger partial charge in [0, 0.05) is 11.6 Å². The Morgan fingerprint density at radius 3 is 2.21 bits per heavy atom. The smallest absolute Gasteiger partial charge is 0.0731 e. The number of thiol groups is 1. The van der Waals surface area contributed by atoms with Crippen molar-refractivity contribution in [3.8, 4) is 0 Å². The molecule has 0 saturated carbocycles. The Hall–Kier alpha value is -0.180. The van der Waals surface area contributed by atoms with E-state index in [4.69, 9.17) is 16.3 Å². The van der Waals surface area contributed by atoms with Gasteiger partial charge in [0.05, 0.1) is 6.61 Å². The Kier molecular flexibility index (Phi) is 10.3. The number of benzene rings is 1. The number of halogens is 1. The van der Waals surface area contributed by atoms with E-state index in [1.165, 1.54) is 38.5 Å². The van der Waals surface area contributed by atoms with E-state index in [0.29, 0.717) is 6.61 Å². The molecule has 0 atom stereocenters. The summed E-state index contributed by atoms with van der Waals surface area (Å²) < 4.78 is 5.65. The second-order valence-electron chi connectivity index (χ2n) is 4.84. The summed E-state index contributed by atoms with van der Waals surface area (Å²) in [4.78, 5) is 0. The van der Waals surface area contributed by atoms with Crippen molar-refractivity contribution in [2.24, 2.45) is 0 Å². The fraction of sp³-hybridized carbons (Fsp3) is 0.625. The van der Waals surface area contributed by atoms with Crippen molar-refractivity contribution in [1.82, 2.24) is 0 Å². The van der Waals surface area contributed by atoms with Crippen LogP contribution in [0, 0.1) is 0 Å². The van der Waals surface area contributed by atoms with Gasteiger partial charge >= 0.3 is 0 Å². The number of hydrogen-bond acceptors (Lipinski definition) is 2. The molecule has 0 saturated heterocycles. The first-order chi connectivity index (χ1) is 9.34. The summed E-state index contributed by atoms with van der Waals surface area (Å²) >= 11 is 10.3. The van der Waals surface area contributed by atoms with E-state index in [9.17, 15) is 0 Å². The molecular formula is C16H25ClOS. The van der Waals surface area contributed by atoms with Crippen LogP contribution in [0.25, 0.3) is 0 Å². The first-order valence-corrected chi connectivity index (χ1v) is 8.27. The summed E-state index contributed by atoms with van der Waals surface area (Å²) in [5, 5.41) is 0.798. The van der Waals surface area contributed by atoms with Crippen molar-refractivity contribution in [2.45, 2.75) is 51.6 Å². The van der Waals surface area contributed by atoms with Gasteiger partial charge in [-0.1, -0.05) is 61.9 Å². The summed E-state index contributed by atoms with van der Waals surface area (Å²) in [6.07, 6.45) is 9.01. The van der Waals surface area contributed by atoms with Crippen molar-refractivity contribution >= 4 is 24.2 Å². The quantitative estimate of drug-likeness (QED) is 0.418. The minimum absolute atomic E-state index is 0.627. The first kappa shape index (κ1) is 16.9. The molecule has 3 heteroatoms. The highest BCUT2D eigenvalue weighted by atomic mass is 35.5. The van der Waals surface area contributed by atoms with Gasteiger partial charge < -0.3 is 4.74 Å². The zero-order valence-electron chi connectivity index (χ0n) is 11.6. The van der Waals surface area contributed by atoms with Gasteiger partial charge in [-0.05, 0) is 30.2 Å². The topological polar surface area (TPSA) is 9.23 Å². The van der Waals surface area contributed by atoms with Crippen molar-refractivity contribution in [3.63, 3.8) is 0 Å². The lowest BCUT2D eigenvalue weighted by Crippen LogP contribution is -1.96. The van der Waals surface area contributed by atoms with E-state index >= 15 is 0 Å². The van der Waals surface area contributed by atoms with Crippen molar-refractivity contribution in [3.05, 3.63) is 34.9 Å². The summed E-state index contributed by atoms with van der Waals surface area (Å²) in [6.45, 7) is 1.46. The minimum Gasteiger partial charge on any atom is -0.377 e. The molecule has 0 N–H and O–H groups in total. The first-order valence-electron chi connectivity index (χ1n) is 7.26. The summed E-state index contributed by atoms with van der Waals surface area (Å²) in [5.74, 6) is 1.02. The standard InChI is InChI=1S/C16H25ClOS/c17-16-11-7-6-10-15(16)14-18-12-8-4-2-1-3-5-9-13-19/h6-7,10-11,19H,1-5,8-9,12-14H2. The van der Waals surface area contributed by atoms with Crippen LogP contribution in [-0.4, -0.2) is 12.4 Å². The second kappa shape index (κ2) is 11.6. The molecule has 1 aromatic rings. The van der Waals surface area contributed by atoms with E-state index < -0.39 is 0 Å². The van der Waals surface area contributed by atoms with E-state index in [0.717, 1.165) is 29.4 Å². The molecule has 0 aliphatic heterocycles. The number of rotatable bonds is 11. The molecule has 0 aliphatic carbocycles. The monoisotopic (exact) mass is 300 g/mol. The van der Waals surface area contributed by atoms with E-state index in [1.807, 2.05) is 24.3 Å². The Morgan fingerprint density at radius 1 is 0.895 bits per heavy atom. The molecule has 0 bridgehead atoms. The van der Waals surface area contributed by atoms with Crippen molar-refractivity contribution in [1.29, 1.82) is 0 Å². The highest BCUT2D eigenvalue weighted by Gasteiger charge is 1.98. The van der Waals surface area contributed by atoms with Gasteiger partial charge in [-0.3, -0.25) is 0 Å². The third-order valence-corrected chi connectivity index (χ3v) is 3.85. The molecule has 0 fully saturated rings. The predicted molar refractivity (Wildman–Crippen MR) is 87.3 cm³/mol. The largest absolute Gasteiger partial charge is 0.377 e. The predicted octanol–water partition coefficient (Wildman–Crippen LogP) is 5.52. The Labute approximate surface area is 128 Å². The Balaban J connectivity index is 1.90. The van der Waals surface area contributed by atoms with Crippen LogP contribution in [0.2, 0.25) is 5.02 Å². The third-order valence-electron chi connectivity index (χ3n) is 3.16. The molecule has 0 heterocycles. The van der Waals surface area contributed by atoms with Crippen LogP contribution in [0.15, 0.2) is 24.3 Å². The molecule has 19 heavy (non-hydrogen) atoms. The van der Waals surface area contributed by atoms with Gasteiger partial charge in [-0.25, -0.2) is 0 Å². The molecule has 0 aliphatic rings. The summed E-state index contributed by atoms with van der Waals surface area (Å²) in [5.41, 5.74) is 1.08. The van der Waals surface area contributed by atoms with Crippen LogP contribution in [0.4, 0.5) is 0 Å². The van der Waals surface area contributed by atoms with Crippen LogP contribution in [0.1, 0.15) is 50.5 Å². The zero-order valence-corrected chi connectivity index (χ0v) is 13.3. The van der Waals surface area contributed by atoms with Gasteiger partial charge in [0.15, 0.2) is 0 Å². The van der Waals surface area contributed by atoms with Gasteiger partial charge in [-0.2, -0.15) is 12.6 Å². The highest BCUT2D eigenvalue weighted by molar-refractivity contribution is 7.80. The fourth-order valence-corrected chi connectivity index (χ4v) is 2.41. The normalized spacial score (nSPS) is 10.8. The lowest BCUT2D eigenvalue weighted by Gasteiger charge is -2.06. The lowest BCUT2D eigenvalue weighted by atomic mass is 10.1. The van der Waals surface area contributed by atoms with Crippen LogP contribution in [-0.2, 0) is 11.3 Å². The molecule has 0 spiro atoms. The van der Waals surface area contributed by atoms with Gasteiger partial charge in [0.1, 0.15) is 0 Å². The molecule has 0 amide bonds. The van der Waals surface area contributed by atoms with Crippen LogP contribution in [0.3, 0.4) is 0 Å². The molecule has 0 unspecified atom stereocenters. The minimum atomic E-state index is 0.627. The van der Waals surface area contributed by atoms with E-state index in [-0.39, 0.29) is 0 Å². The molecule has 1 rings (SSSR count). The maximum absolute atomic E-state index is 6.06. The summed E-state index contributed by atoms with van der Waals surface area (Å²) in [6, 6.07) is 7.86. The third kappa shape index (κ3) is 8.56. The number of unbranched alkanes of at least 4 members (excludes halogenated alkanes) is 6. The van der Waals surface area contributed by atoms with E-state index in [2.05, 4.69) is 12.6 Å². The molecule has 1 nitrogen and oxygen atoms in total. The lowest BCUT2D eigenvalue weighted by molar-refractivity contribution is 0.117. The van der Waals surface area contributed by atoms with Crippen molar-refractivity contribution in [2.75, 3.05) is 12.4 Å². The maximum Gasteiger partial charge on any atom is 0.0731 e.